The van der Waals surface area contributed by atoms with Crippen LogP contribution in [0.25, 0.3) is 0 Å². The molecule has 1 heteroatoms. The first-order chi connectivity index (χ1) is 9.01. The number of allylic oxidation sites excluding steroid dienone is 1. The molecule has 2 rings (SSSR count). The van der Waals surface area contributed by atoms with Crippen molar-refractivity contribution in [1.29, 1.82) is 0 Å². The molecule has 1 nitrogen and oxygen atoms in total. The first kappa shape index (κ1) is 16.0. The Morgan fingerprint density at radius 3 is 2.26 bits per heavy atom. The Kier molecular flexibility index (Phi) is 5.81. The van der Waals surface area contributed by atoms with Crippen molar-refractivity contribution in [2.24, 2.45) is 5.73 Å². The van der Waals surface area contributed by atoms with Crippen LogP contribution < -0.4 is 5.73 Å². The van der Waals surface area contributed by atoms with Gasteiger partial charge in [-0.15, -0.1) is 0 Å². The first-order valence-corrected chi connectivity index (χ1v) is 7.57. The fraction of sp³-hybridized carbons (Fsp3) is 0.556. The Morgan fingerprint density at radius 1 is 1.16 bits per heavy atom. The van der Waals surface area contributed by atoms with Crippen molar-refractivity contribution in [2.75, 3.05) is 0 Å². The Labute approximate surface area is 118 Å². The SMILES string of the molecule is C=C1CCC(N)(c2cccc(C(C)C)c2)CC1.CC. The molecule has 1 aromatic carbocycles. The van der Waals surface area contributed by atoms with Crippen molar-refractivity contribution in [3.05, 3.63) is 47.5 Å². The molecular weight excluding hydrogens is 230 g/mol. The van der Waals surface area contributed by atoms with Crippen molar-refractivity contribution < 1.29 is 0 Å². The van der Waals surface area contributed by atoms with E-state index in [1.165, 1.54) is 16.7 Å². The van der Waals surface area contributed by atoms with Gasteiger partial charge < -0.3 is 5.73 Å². The summed E-state index contributed by atoms with van der Waals surface area (Å²) in [6.45, 7) is 12.5. The van der Waals surface area contributed by atoms with Crippen LogP contribution in [0, 0.1) is 0 Å². The van der Waals surface area contributed by atoms with E-state index in [0.29, 0.717) is 5.92 Å². The molecular formula is C18H29N. The Bertz CT molecular complexity index is 407. The summed E-state index contributed by atoms with van der Waals surface area (Å²) in [6, 6.07) is 8.81. The van der Waals surface area contributed by atoms with E-state index in [1.807, 2.05) is 13.8 Å². The summed E-state index contributed by atoms with van der Waals surface area (Å²) in [5.74, 6) is 0.567. The van der Waals surface area contributed by atoms with Gasteiger partial charge in [0.05, 0.1) is 0 Å². The van der Waals surface area contributed by atoms with Gasteiger partial charge in [-0.25, -0.2) is 0 Å². The summed E-state index contributed by atoms with van der Waals surface area (Å²) in [7, 11) is 0. The highest BCUT2D eigenvalue weighted by Gasteiger charge is 2.30. The van der Waals surface area contributed by atoms with Gasteiger partial charge in [0.25, 0.3) is 0 Å². The third-order valence-corrected chi connectivity index (χ3v) is 3.98. The van der Waals surface area contributed by atoms with Gasteiger partial charge in [-0.1, -0.05) is 64.1 Å². The number of rotatable bonds is 2. The maximum atomic E-state index is 6.57. The molecule has 0 radical (unpaired) electrons. The molecule has 0 atom stereocenters. The van der Waals surface area contributed by atoms with Gasteiger partial charge >= 0.3 is 0 Å². The highest BCUT2D eigenvalue weighted by Crippen LogP contribution is 2.37. The van der Waals surface area contributed by atoms with E-state index in [9.17, 15) is 0 Å². The summed E-state index contributed by atoms with van der Waals surface area (Å²) >= 11 is 0. The van der Waals surface area contributed by atoms with Crippen LogP contribution in [0.15, 0.2) is 36.4 Å². The zero-order valence-corrected chi connectivity index (χ0v) is 13.0. The minimum atomic E-state index is -0.133. The molecule has 0 heterocycles. The molecule has 1 aliphatic rings. The molecule has 1 aromatic rings. The fourth-order valence-corrected chi connectivity index (χ4v) is 2.55. The van der Waals surface area contributed by atoms with Crippen LogP contribution in [0.2, 0.25) is 0 Å². The minimum Gasteiger partial charge on any atom is -0.321 e. The highest BCUT2D eigenvalue weighted by atomic mass is 14.7. The topological polar surface area (TPSA) is 26.0 Å². The number of hydrogen-bond acceptors (Lipinski definition) is 1. The van der Waals surface area contributed by atoms with Crippen LogP contribution in [0.1, 0.15) is 70.4 Å². The van der Waals surface area contributed by atoms with Gasteiger partial charge in [0.15, 0.2) is 0 Å². The van der Waals surface area contributed by atoms with Crippen molar-refractivity contribution >= 4 is 0 Å². The lowest BCUT2D eigenvalue weighted by molar-refractivity contribution is 0.343. The molecule has 1 fully saturated rings. The largest absolute Gasteiger partial charge is 0.321 e. The van der Waals surface area contributed by atoms with E-state index in [1.54, 1.807) is 0 Å². The van der Waals surface area contributed by atoms with Gasteiger partial charge in [0.1, 0.15) is 0 Å². The van der Waals surface area contributed by atoms with E-state index >= 15 is 0 Å². The third kappa shape index (κ3) is 3.94. The molecule has 0 aliphatic heterocycles. The van der Waals surface area contributed by atoms with Gasteiger partial charge in [0.2, 0.25) is 0 Å². The third-order valence-electron chi connectivity index (χ3n) is 3.98. The molecule has 0 amide bonds. The van der Waals surface area contributed by atoms with Gasteiger partial charge in [-0.3, -0.25) is 0 Å². The highest BCUT2D eigenvalue weighted by molar-refractivity contribution is 5.32. The van der Waals surface area contributed by atoms with E-state index in [-0.39, 0.29) is 5.54 Å². The second-order valence-electron chi connectivity index (χ2n) is 5.69. The average Bonchev–Trinajstić information content (AvgIpc) is 2.45. The fourth-order valence-electron chi connectivity index (χ4n) is 2.55. The summed E-state index contributed by atoms with van der Waals surface area (Å²) in [6.07, 6.45) is 4.21. The summed E-state index contributed by atoms with van der Waals surface area (Å²) in [5.41, 5.74) is 10.5. The van der Waals surface area contributed by atoms with Gasteiger partial charge in [-0.05, 0) is 42.7 Å². The quantitative estimate of drug-likeness (QED) is 0.733. The standard InChI is InChI=1S/C16H23N.C2H6/c1-12(2)14-5-4-6-15(11-14)16(17)9-7-13(3)8-10-16;1-2/h4-6,11-12H,3,7-10,17H2,1-2H3;1-2H3. The lowest BCUT2D eigenvalue weighted by Crippen LogP contribution is -2.39. The predicted molar refractivity (Wildman–Crippen MR) is 85.4 cm³/mol. The predicted octanol–water partition coefficient (Wildman–Crippen LogP) is 5.12. The second kappa shape index (κ2) is 6.91. The lowest BCUT2D eigenvalue weighted by Gasteiger charge is -2.35. The van der Waals surface area contributed by atoms with E-state index in [4.69, 9.17) is 5.73 Å². The van der Waals surface area contributed by atoms with Crippen LogP contribution in [-0.4, -0.2) is 0 Å². The van der Waals surface area contributed by atoms with Crippen molar-refractivity contribution in [1.82, 2.24) is 0 Å². The van der Waals surface area contributed by atoms with Crippen LogP contribution in [-0.2, 0) is 5.54 Å². The zero-order chi connectivity index (χ0) is 14.5. The lowest BCUT2D eigenvalue weighted by atomic mass is 9.75. The average molecular weight is 259 g/mol. The monoisotopic (exact) mass is 259 g/mol. The molecule has 0 bridgehead atoms. The molecule has 0 saturated heterocycles. The molecule has 0 spiro atoms. The first-order valence-electron chi connectivity index (χ1n) is 7.57. The zero-order valence-electron chi connectivity index (χ0n) is 13.0. The minimum absolute atomic E-state index is 0.133. The van der Waals surface area contributed by atoms with Crippen molar-refractivity contribution in [3.8, 4) is 0 Å². The van der Waals surface area contributed by atoms with Gasteiger partial charge in [-0.2, -0.15) is 0 Å². The molecule has 0 unspecified atom stereocenters. The molecule has 1 aliphatic carbocycles. The van der Waals surface area contributed by atoms with E-state index < -0.39 is 0 Å². The molecule has 19 heavy (non-hydrogen) atoms. The van der Waals surface area contributed by atoms with E-state index in [2.05, 4.69) is 44.7 Å². The molecule has 2 N–H and O–H groups in total. The van der Waals surface area contributed by atoms with Crippen molar-refractivity contribution in [2.45, 2.75) is 64.8 Å². The maximum Gasteiger partial charge on any atom is 0.0415 e. The molecule has 0 aromatic heterocycles. The normalized spacial score (nSPS) is 17.9. The smallest absolute Gasteiger partial charge is 0.0415 e. The summed E-state index contributed by atoms with van der Waals surface area (Å²) in [4.78, 5) is 0. The number of nitrogens with two attached hydrogens (primary N) is 1. The number of hydrogen-bond donors (Lipinski definition) is 1. The van der Waals surface area contributed by atoms with Crippen molar-refractivity contribution in [3.63, 3.8) is 0 Å². The Balaban J connectivity index is 0.000000861. The van der Waals surface area contributed by atoms with Crippen LogP contribution in [0.3, 0.4) is 0 Å². The van der Waals surface area contributed by atoms with Crippen LogP contribution in [0.4, 0.5) is 0 Å². The summed E-state index contributed by atoms with van der Waals surface area (Å²) in [5, 5.41) is 0. The van der Waals surface area contributed by atoms with E-state index in [0.717, 1.165) is 25.7 Å². The summed E-state index contributed by atoms with van der Waals surface area (Å²) < 4.78 is 0. The Hall–Kier alpha value is -1.08. The Morgan fingerprint density at radius 2 is 1.74 bits per heavy atom. The number of benzene rings is 1. The van der Waals surface area contributed by atoms with Crippen LogP contribution in [0.5, 0.6) is 0 Å². The second-order valence-corrected chi connectivity index (χ2v) is 5.69. The maximum absolute atomic E-state index is 6.57. The molecule has 106 valence electrons. The molecule has 1 saturated carbocycles. The van der Waals surface area contributed by atoms with Crippen LogP contribution >= 0.6 is 0 Å². The van der Waals surface area contributed by atoms with Gasteiger partial charge in [0, 0.05) is 5.54 Å².